The number of H-pyrrole nitrogens is 1. The predicted octanol–water partition coefficient (Wildman–Crippen LogP) is 3.67. The SMILES string of the molecule is COc1ccc(CNC(=O)C(C)Cc2c[nH]c3ccccc23)cc1. The summed E-state index contributed by atoms with van der Waals surface area (Å²) < 4.78 is 5.14. The van der Waals surface area contributed by atoms with Crippen molar-refractivity contribution in [3.05, 3.63) is 65.9 Å². The molecule has 2 N–H and O–H groups in total. The minimum absolute atomic E-state index is 0.0658. The number of hydrogen-bond donors (Lipinski definition) is 2. The zero-order valence-corrected chi connectivity index (χ0v) is 14.0. The third-order valence-corrected chi connectivity index (χ3v) is 4.27. The van der Waals surface area contributed by atoms with E-state index in [-0.39, 0.29) is 11.8 Å². The summed E-state index contributed by atoms with van der Waals surface area (Å²) in [6.45, 7) is 2.49. The molecule has 0 fully saturated rings. The molecule has 1 amide bonds. The van der Waals surface area contributed by atoms with Crippen molar-refractivity contribution in [2.45, 2.75) is 19.9 Å². The maximum Gasteiger partial charge on any atom is 0.223 e. The Labute approximate surface area is 141 Å². The minimum Gasteiger partial charge on any atom is -0.497 e. The zero-order chi connectivity index (χ0) is 16.9. The van der Waals surface area contributed by atoms with Crippen molar-refractivity contribution < 1.29 is 9.53 Å². The van der Waals surface area contributed by atoms with Crippen molar-refractivity contribution in [1.29, 1.82) is 0 Å². The standard InChI is InChI=1S/C20H22N2O2/c1-14(11-16-13-21-19-6-4-3-5-18(16)19)20(23)22-12-15-7-9-17(24-2)10-8-15/h3-10,13-14,21H,11-12H2,1-2H3,(H,22,23). The van der Waals surface area contributed by atoms with Gasteiger partial charge in [-0.25, -0.2) is 0 Å². The Morgan fingerprint density at radius 3 is 2.67 bits per heavy atom. The molecular formula is C20H22N2O2. The number of rotatable bonds is 6. The van der Waals surface area contributed by atoms with Gasteiger partial charge in [-0.1, -0.05) is 37.3 Å². The monoisotopic (exact) mass is 322 g/mol. The van der Waals surface area contributed by atoms with Gasteiger partial charge in [0.1, 0.15) is 5.75 Å². The Morgan fingerprint density at radius 1 is 1.17 bits per heavy atom. The summed E-state index contributed by atoms with van der Waals surface area (Å²) in [6, 6.07) is 15.9. The lowest BCUT2D eigenvalue weighted by Gasteiger charge is -2.12. The summed E-state index contributed by atoms with van der Waals surface area (Å²) in [5, 5.41) is 4.19. The number of carbonyl (C=O) groups excluding carboxylic acids is 1. The van der Waals surface area contributed by atoms with Gasteiger partial charge in [-0.15, -0.1) is 0 Å². The van der Waals surface area contributed by atoms with E-state index in [1.807, 2.05) is 55.6 Å². The van der Waals surface area contributed by atoms with Gasteiger partial charge in [0.25, 0.3) is 0 Å². The summed E-state index contributed by atoms with van der Waals surface area (Å²) in [5.41, 5.74) is 3.35. The molecule has 0 aliphatic heterocycles. The number of carbonyl (C=O) groups is 1. The van der Waals surface area contributed by atoms with Gasteiger partial charge in [0, 0.05) is 29.6 Å². The van der Waals surface area contributed by atoms with Crippen molar-refractivity contribution in [1.82, 2.24) is 10.3 Å². The largest absolute Gasteiger partial charge is 0.497 e. The fourth-order valence-electron chi connectivity index (χ4n) is 2.83. The Hall–Kier alpha value is -2.75. The number of aromatic amines is 1. The lowest BCUT2D eigenvalue weighted by Crippen LogP contribution is -2.29. The fraction of sp³-hybridized carbons (Fsp3) is 0.250. The van der Waals surface area contributed by atoms with Crippen LogP contribution in [0.25, 0.3) is 10.9 Å². The maximum atomic E-state index is 12.4. The van der Waals surface area contributed by atoms with Crippen molar-refractivity contribution in [3.63, 3.8) is 0 Å². The third kappa shape index (κ3) is 3.59. The second kappa shape index (κ2) is 7.21. The molecule has 124 valence electrons. The van der Waals surface area contributed by atoms with E-state index in [9.17, 15) is 4.79 Å². The van der Waals surface area contributed by atoms with Gasteiger partial charge in [-0.3, -0.25) is 4.79 Å². The smallest absolute Gasteiger partial charge is 0.223 e. The molecule has 0 radical (unpaired) electrons. The number of amides is 1. The van der Waals surface area contributed by atoms with E-state index >= 15 is 0 Å². The van der Waals surface area contributed by atoms with Gasteiger partial charge in [-0.2, -0.15) is 0 Å². The van der Waals surface area contributed by atoms with Crippen LogP contribution in [-0.4, -0.2) is 18.0 Å². The molecular weight excluding hydrogens is 300 g/mol. The second-order valence-electron chi connectivity index (χ2n) is 6.03. The highest BCUT2D eigenvalue weighted by Crippen LogP contribution is 2.20. The highest BCUT2D eigenvalue weighted by atomic mass is 16.5. The first-order valence-electron chi connectivity index (χ1n) is 8.13. The van der Waals surface area contributed by atoms with E-state index in [4.69, 9.17) is 4.74 Å². The van der Waals surface area contributed by atoms with E-state index < -0.39 is 0 Å². The molecule has 4 nitrogen and oxygen atoms in total. The molecule has 0 spiro atoms. The molecule has 4 heteroatoms. The highest BCUT2D eigenvalue weighted by Gasteiger charge is 2.15. The average Bonchev–Trinajstić information content (AvgIpc) is 3.03. The first-order valence-corrected chi connectivity index (χ1v) is 8.13. The van der Waals surface area contributed by atoms with Gasteiger partial charge >= 0.3 is 0 Å². The van der Waals surface area contributed by atoms with Crippen molar-refractivity contribution in [3.8, 4) is 5.75 Å². The Kier molecular flexibility index (Phi) is 4.85. The number of benzene rings is 2. The maximum absolute atomic E-state index is 12.4. The molecule has 24 heavy (non-hydrogen) atoms. The number of aromatic nitrogens is 1. The lowest BCUT2D eigenvalue weighted by molar-refractivity contribution is -0.124. The quantitative estimate of drug-likeness (QED) is 0.727. The molecule has 0 saturated carbocycles. The van der Waals surface area contributed by atoms with Crippen LogP contribution >= 0.6 is 0 Å². The summed E-state index contributed by atoms with van der Waals surface area (Å²) in [5.74, 6) is 0.802. The summed E-state index contributed by atoms with van der Waals surface area (Å²) in [7, 11) is 1.64. The molecule has 1 heterocycles. The van der Waals surface area contributed by atoms with Gasteiger partial charge in [0.15, 0.2) is 0 Å². The first-order chi connectivity index (χ1) is 11.7. The van der Waals surface area contributed by atoms with Crippen LogP contribution in [0.2, 0.25) is 0 Å². The molecule has 1 unspecified atom stereocenters. The summed E-state index contributed by atoms with van der Waals surface area (Å²) in [6.07, 6.45) is 2.72. The minimum atomic E-state index is -0.0811. The van der Waals surface area contributed by atoms with Crippen molar-refractivity contribution in [2.24, 2.45) is 5.92 Å². The molecule has 3 aromatic rings. The molecule has 1 atom stereocenters. The summed E-state index contributed by atoms with van der Waals surface area (Å²) in [4.78, 5) is 15.6. The predicted molar refractivity (Wildman–Crippen MR) is 96.0 cm³/mol. The Balaban J connectivity index is 1.58. The number of nitrogens with one attached hydrogen (secondary N) is 2. The van der Waals surface area contributed by atoms with Crippen LogP contribution in [0, 0.1) is 5.92 Å². The lowest BCUT2D eigenvalue weighted by atomic mass is 10.00. The van der Waals surface area contributed by atoms with Crippen LogP contribution in [0.5, 0.6) is 5.75 Å². The van der Waals surface area contributed by atoms with E-state index in [2.05, 4.69) is 16.4 Å². The number of methoxy groups -OCH3 is 1. The Morgan fingerprint density at radius 2 is 1.92 bits per heavy atom. The molecule has 0 bridgehead atoms. The van der Waals surface area contributed by atoms with Crippen LogP contribution in [0.1, 0.15) is 18.1 Å². The van der Waals surface area contributed by atoms with Gasteiger partial charge in [0.2, 0.25) is 5.91 Å². The van der Waals surface area contributed by atoms with E-state index in [1.165, 1.54) is 10.9 Å². The fourth-order valence-corrected chi connectivity index (χ4v) is 2.83. The number of hydrogen-bond acceptors (Lipinski definition) is 2. The highest BCUT2D eigenvalue weighted by molar-refractivity contribution is 5.84. The Bertz CT molecular complexity index is 821. The second-order valence-corrected chi connectivity index (χ2v) is 6.03. The van der Waals surface area contributed by atoms with Crippen LogP contribution in [0.4, 0.5) is 0 Å². The topological polar surface area (TPSA) is 54.1 Å². The zero-order valence-electron chi connectivity index (χ0n) is 14.0. The van der Waals surface area contributed by atoms with Crippen LogP contribution in [0.15, 0.2) is 54.7 Å². The molecule has 0 saturated heterocycles. The molecule has 1 aromatic heterocycles. The van der Waals surface area contributed by atoms with Crippen LogP contribution in [0.3, 0.4) is 0 Å². The van der Waals surface area contributed by atoms with Crippen LogP contribution in [-0.2, 0) is 17.8 Å². The van der Waals surface area contributed by atoms with E-state index in [0.717, 1.165) is 23.3 Å². The third-order valence-electron chi connectivity index (χ3n) is 4.27. The molecule has 2 aromatic carbocycles. The van der Waals surface area contributed by atoms with E-state index in [1.54, 1.807) is 7.11 Å². The summed E-state index contributed by atoms with van der Waals surface area (Å²) >= 11 is 0. The van der Waals surface area contributed by atoms with Crippen LogP contribution < -0.4 is 10.1 Å². The molecule has 0 aliphatic carbocycles. The normalized spacial score (nSPS) is 12.1. The molecule has 3 rings (SSSR count). The van der Waals surface area contributed by atoms with E-state index in [0.29, 0.717) is 6.54 Å². The molecule has 0 aliphatic rings. The van der Waals surface area contributed by atoms with Crippen molar-refractivity contribution in [2.75, 3.05) is 7.11 Å². The average molecular weight is 322 g/mol. The van der Waals surface area contributed by atoms with Crippen molar-refractivity contribution >= 4 is 16.8 Å². The van der Waals surface area contributed by atoms with Gasteiger partial charge in [0.05, 0.1) is 7.11 Å². The first kappa shape index (κ1) is 16.1. The number of fused-ring (bicyclic) bond motifs is 1. The number of para-hydroxylation sites is 1. The van der Waals surface area contributed by atoms with Gasteiger partial charge < -0.3 is 15.0 Å². The number of ether oxygens (including phenoxy) is 1. The van der Waals surface area contributed by atoms with Gasteiger partial charge in [-0.05, 0) is 35.7 Å².